The van der Waals surface area contributed by atoms with Gasteiger partial charge in [0.2, 0.25) is 5.95 Å². The molecule has 1 unspecified atom stereocenters. The van der Waals surface area contributed by atoms with Gasteiger partial charge in [0.05, 0.1) is 11.3 Å². The number of rotatable bonds is 4. The lowest BCUT2D eigenvalue weighted by Crippen LogP contribution is -2.22. The quantitative estimate of drug-likeness (QED) is 0.596. The minimum Gasteiger partial charge on any atom is -0.339 e. The number of aryl methyl sites for hydroxylation is 1. The van der Waals surface area contributed by atoms with Crippen LogP contribution in [0.5, 0.6) is 0 Å². The summed E-state index contributed by atoms with van der Waals surface area (Å²) in [5, 5.41) is 7.14. The Labute approximate surface area is 169 Å². The molecule has 2 aromatic carbocycles. The van der Waals surface area contributed by atoms with Crippen LogP contribution in [-0.2, 0) is 6.42 Å². The minimum atomic E-state index is 0.0698. The predicted molar refractivity (Wildman–Crippen MR) is 113 cm³/mol. The van der Waals surface area contributed by atoms with E-state index >= 15 is 0 Å². The summed E-state index contributed by atoms with van der Waals surface area (Å²) >= 11 is 6.10. The van der Waals surface area contributed by atoms with E-state index in [4.69, 9.17) is 11.6 Å². The molecule has 0 saturated heterocycles. The highest BCUT2D eigenvalue weighted by atomic mass is 35.5. The number of carbonyl (C=O) groups excluding carboxylic acids is 1. The van der Waals surface area contributed by atoms with Crippen LogP contribution in [0.1, 0.15) is 35.0 Å². The topological polar surface area (TPSA) is 66.9 Å². The van der Waals surface area contributed by atoms with Crippen molar-refractivity contribution in [2.24, 2.45) is 5.92 Å². The van der Waals surface area contributed by atoms with Crippen molar-refractivity contribution in [1.29, 1.82) is 0 Å². The highest BCUT2D eigenvalue weighted by Gasteiger charge is 2.28. The molecule has 0 aliphatic heterocycles. The lowest BCUT2D eigenvalue weighted by molar-refractivity contribution is 0.0953. The summed E-state index contributed by atoms with van der Waals surface area (Å²) in [6.45, 7) is 4.10. The molecular weight excluding hydrogens is 372 g/mol. The molecule has 0 fully saturated rings. The van der Waals surface area contributed by atoms with Crippen molar-refractivity contribution in [2.45, 2.75) is 26.7 Å². The van der Waals surface area contributed by atoms with E-state index in [0.717, 1.165) is 29.1 Å². The van der Waals surface area contributed by atoms with Gasteiger partial charge < -0.3 is 10.6 Å². The predicted octanol–water partition coefficient (Wildman–Crippen LogP) is 5.69. The van der Waals surface area contributed by atoms with Gasteiger partial charge >= 0.3 is 0 Å². The molecule has 3 aromatic rings. The second kappa shape index (κ2) is 7.60. The molecule has 0 spiro atoms. The normalized spacial score (nSPS) is 15.8. The standard InChI is InChI=1S/C22H21ClN4O/c1-13-5-3-7-16(9-13)25-22-26-18-10-14(2)11-19(28)20(18)21(27-22)24-17-8-4-6-15(23)12-17/h3-9,12,14H,10-11H2,1-2H3,(H2,24,25,26,27). The molecule has 1 heterocycles. The summed E-state index contributed by atoms with van der Waals surface area (Å²) in [6.07, 6.45) is 1.25. The third-order valence-corrected chi connectivity index (χ3v) is 4.94. The largest absolute Gasteiger partial charge is 0.339 e. The van der Waals surface area contributed by atoms with Gasteiger partial charge in [0, 0.05) is 22.8 Å². The number of nitrogens with zero attached hydrogens (tertiary/aromatic N) is 2. The van der Waals surface area contributed by atoms with E-state index in [1.807, 2.05) is 43.3 Å². The molecule has 1 aliphatic rings. The molecule has 0 bridgehead atoms. The smallest absolute Gasteiger partial charge is 0.229 e. The van der Waals surface area contributed by atoms with Crippen molar-refractivity contribution < 1.29 is 4.79 Å². The van der Waals surface area contributed by atoms with Crippen LogP contribution in [0, 0.1) is 12.8 Å². The number of hydrogen-bond acceptors (Lipinski definition) is 5. The van der Waals surface area contributed by atoms with Crippen LogP contribution in [0.2, 0.25) is 5.02 Å². The molecule has 28 heavy (non-hydrogen) atoms. The molecule has 1 atom stereocenters. The second-order valence-electron chi connectivity index (χ2n) is 7.28. The van der Waals surface area contributed by atoms with E-state index in [1.54, 1.807) is 12.1 Å². The molecule has 0 amide bonds. The van der Waals surface area contributed by atoms with Crippen molar-refractivity contribution in [2.75, 3.05) is 10.6 Å². The zero-order valence-corrected chi connectivity index (χ0v) is 16.5. The van der Waals surface area contributed by atoms with E-state index in [1.165, 1.54) is 0 Å². The monoisotopic (exact) mass is 392 g/mol. The average Bonchev–Trinajstić information content (AvgIpc) is 2.61. The van der Waals surface area contributed by atoms with Crippen molar-refractivity contribution in [3.8, 4) is 0 Å². The Balaban J connectivity index is 1.76. The first-order valence-corrected chi connectivity index (χ1v) is 9.66. The average molecular weight is 393 g/mol. The Morgan fingerprint density at radius 3 is 2.50 bits per heavy atom. The Kier molecular flexibility index (Phi) is 5.01. The first-order chi connectivity index (χ1) is 13.5. The maximum atomic E-state index is 12.7. The fourth-order valence-electron chi connectivity index (χ4n) is 3.47. The van der Waals surface area contributed by atoms with Gasteiger partial charge in [-0.05, 0) is 55.2 Å². The molecule has 4 rings (SSSR count). The number of nitrogens with one attached hydrogen (secondary N) is 2. The highest BCUT2D eigenvalue weighted by molar-refractivity contribution is 6.30. The molecule has 6 heteroatoms. The number of carbonyl (C=O) groups is 1. The van der Waals surface area contributed by atoms with Gasteiger partial charge in [-0.1, -0.05) is 36.7 Å². The van der Waals surface area contributed by atoms with Crippen molar-refractivity contribution >= 4 is 40.5 Å². The van der Waals surface area contributed by atoms with Crippen LogP contribution in [0.15, 0.2) is 48.5 Å². The zero-order valence-electron chi connectivity index (χ0n) is 15.8. The molecular formula is C22H21ClN4O. The molecule has 5 nitrogen and oxygen atoms in total. The molecule has 0 radical (unpaired) electrons. The van der Waals surface area contributed by atoms with Gasteiger partial charge in [-0.3, -0.25) is 4.79 Å². The van der Waals surface area contributed by atoms with Gasteiger partial charge in [-0.25, -0.2) is 4.98 Å². The van der Waals surface area contributed by atoms with Gasteiger partial charge in [-0.2, -0.15) is 4.98 Å². The summed E-state index contributed by atoms with van der Waals surface area (Å²) in [5.74, 6) is 1.32. The van der Waals surface area contributed by atoms with Crippen LogP contribution in [0.3, 0.4) is 0 Å². The van der Waals surface area contributed by atoms with Crippen LogP contribution in [0.25, 0.3) is 0 Å². The SMILES string of the molecule is Cc1cccc(Nc2nc3c(c(Nc4cccc(Cl)c4)n2)C(=O)CC(C)C3)c1. The van der Waals surface area contributed by atoms with E-state index < -0.39 is 0 Å². The maximum Gasteiger partial charge on any atom is 0.229 e. The number of hydrogen-bond donors (Lipinski definition) is 2. The number of anilines is 4. The molecule has 0 saturated carbocycles. The fraction of sp³-hybridized carbons (Fsp3) is 0.227. The summed E-state index contributed by atoms with van der Waals surface area (Å²) in [6, 6.07) is 15.4. The van der Waals surface area contributed by atoms with Crippen LogP contribution in [0.4, 0.5) is 23.1 Å². The van der Waals surface area contributed by atoms with Crippen molar-refractivity contribution in [3.63, 3.8) is 0 Å². The lowest BCUT2D eigenvalue weighted by atomic mass is 9.87. The third-order valence-electron chi connectivity index (χ3n) is 4.70. The summed E-state index contributed by atoms with van der Waals surface area (Å²) in [7, 11) is 0. The van der Waals surface area contributed by atoms with Crippen molar-refractivity contribution in [3.05, 3.63) is 70.4 Å². The van der Waals surface area contributed by atoms with Gasteiger partial charge in [0.25, 0.3) is 0 Å². The molecule has 2 N–H and O–H groups in total. The van der Waals surface area contributed by atoms with E-state index in [0.29, 0.717) is 28.8 Å². The lowest BCUT2D eigenvalue weighted by Gasteiger charge is -2.23. The number of aromatic nitrogens is 2. The Morgan fingerprint density at radius 2 is 1.75 bits per heavy atom. The van der Waals surface area contributed by atoms with Gasteiger partial charge in [0.1, 0.15) is 5.82 Å². The zero-order chi connectivity index (χ0) is 19.7. The number of Topliss-reactive ketones (excluding diaryl/α,β-unsaturated/α-hetero) is 1. The Hall–Kier alpha value is -2.92. The fourth-order valence-corrected chi connectivity index (χ4v) is 3.66. The molecule has 1 aromatic heterocycles. The number of ketones is 1. The van der Waals surface area contributed by atoms with Crippen LogP contribution >= 0.6 is 11.6 Å². The second-order valence-corrected chi connectivity index (χ2v) is 7.72. The number of fused-ring (bicyclic) bond motifs is 1. The van der Waals surface area contributed by atoms with E-state index in [9.17, 15) is 4.79 Å². The Bertz CT molecular complexity index is 1050. The van der Waals surface area contributed by atoms with E-state index in [2.05, 4.69) is 27.5 Å². The molecule has 142 valence electrons. The third kappa shape index (κ3) is 3.99. The van der Waals surface area contributed by atoms with Gasteiger partial charge in [-0.15, -0.1) is 0 Å². The number of halogens is 1. The minimum absolute atomic E-state index is 0.0698. The van der Waals surface area contributed by atoms with Crippen molar-refractivity contribution in [1.82, 2.24) is 9.97 Å². The van der Waals surface area contributed by atoms with Crippen LogP contribution < -0.4 is 10.6 Å². The first-order valence-electron chi connectivity index (χ1n) is 9.28. The number of benzene rings is 2. The maximum absolute atomic E-state index is 12.7. The highest BCUT2D eigenvalue weighted by Crippen LogP contribution is 2.32. The van der Waals surface area contributed by atoms with E-state index in [-0.39, 0.29) is 11.7 Å². The summed E-state index contributed by atoms with van der Waals surface area (Å²) in [4.78, 5) is 22.0. The van der Waals surface area contributed by atoms with Gasteiger partial charge in [0.15, 0.2) is 5.78 Å². The summed E-state index contributed by atoms with van der Waals surface area (Å²) < 4.78 is 0. The summed E-state index contributed by atoms with van der Waals surface area (Å²) in [5.41, 5.74) is 4.18. The van der Waals surface area contributed by atoms with Crippen LogP contribution in [-0.4, -0.2) is 15.8 Å². The molecule has 1 aliphatic carbocycles. The Morgan fingerprint density at radius 1 is 1.00 bits per heavy atom. The first kappa shape index (κ1) is 18.4.